The predicted molar refractivity (Wildman–Crippen MR) is 173 cm³/mol. The van der Waals surface area contributed by atoms with Crippen molar-refractivity contribution in [2.75, 3.05) is 44.6 Å². The van der Waals surface area contributed by atoms with E-state index in [0.29, 0.717) is 73.1 Å². The number of amides is 2. The van der Waals surface area contributed by atoms with Crippen LogP contribution in [0.1, 0.15) is 22.3 Å². The second kappa shape index (κ2) is 15.1. The number of aliphatic hydroxyl groups excluding tert-OH is 1. The van der Waals surface area contributed by atoms with Gasteiger partial charge >= 0.3 is 0 Å². The number of hydrogen-bond donors (Lipinski definition) is 4. The van der Waals surface area contributed by atoms with Gasteiger partial charge in [-0.3, -0.25) is 18.8 Å². The number of aromatic nitrogens is 3. The van der Waals surface area contributed by atoms with Crippen LogP contribution in [0.2, 0.25) is 5.02 Å². The summed E-state index contributed by atoms with van der Waals surface area (Å²) in [7, 11) is 0. The van der Waals surface area contributed by atoms with Crippen LogP contribution >= 0.6 is 11.6 Å². The number of benzene rings is 2. The van der Waals surface area contributed by atoms with Gasteiger partial charge in [-0.1, -0.05) is 11.6 Å². The molecule has 2 amide bonds. The summed E-state index contributed by atoms with van der Waals surface area (Å²) in [6.45, 7) is 3.46. The second-order valence-electron chi connectivity index (χ2n) is 11.0. The van der Waals surface area contributed by atoms with Crippen molar-refractivity contribution in [1.82, 2.24) is 29.5 Å². The highest BCUT2D eigenvalue weighted by Crippen LogP contribution is 2.36. The maximum atomic E-state index is 14.8. The van der Waals surface area contributed by atoms with Crippen LogP contribution in [0, 0.1) is 24.1 Å². The largest absolute Gasteiger partial charge is 0.483 e. The first-order valence-corrected chi connectivity index (χ1v) is 15.3. The first kappa shape index (κ1) is 34.0. The molecule has 4 heterocycles. The second-order valence-corrected chi connectivity index (χ2v) is 11.4. The third-order valence-electron chi connectivity index (χ3n) is 8.05. The Morgan fingerprint density at radius 3 is 2.60 bits per heavy atom. The minimum atomic E-state index is -0.769. The van der Waals surface area contributed by atoms with Crippen molar-refractivity contribution in [3.8, 4) is 23.1 Å². The lowest BCUT2D eigenvalue weighted by molar-refractivity contribution is -0.134. The number of carbonyl (C=O) groups excluding carboxylic acids is 2. The fourth-order valence-electron chi connectivity index (χ4n) is 5.70. The molecule has 0 radical (unpaired) electrons. The molecule has 2 saturated heterocycles. The quantitative estimate of drug-likeness (QED) is 0.211. The zero-order valence-corrected chi connectivity index (χ0v) is 26.5. The van der Waals surface area contributed by atoms with Crippen molar-refractivity contribution in [2.24, 2.45) is 0 Å². The van der Waals surface area contributed by atoms with Crippen LogP contribution in [-0.2, 0) is 9.59 Å². The highest BCUT2D eigenvalue weighted by atomic mass is 35.5. The number of carbonyl (C=O) groups is 3. The molecule has 16 heteroatoms. The Morgan fingerprint density at radius 2 is 1.94 bits per heavy atom. The van der Waals surface area contributed by atoms with E-state index in [9.17, 15) is 19.1 Å². The zero-order valence-electron chi connectivity index (χ0n) is 25.8. The molecule has 48 heavy (non-hydrogen) atoms. The van der Waals surface area contributed by atoms with E-state index in [0.717, 1.165) is 5.56 Å². The molecule has 2 aromatic carbocycles. The average Bonchev–Trinajstić information content (AvgIpc) is 3.72. The number of nitrogens with zero attached hydrogens (tertiary/aromatic N) is 6. The lowest BCUT2D eigenvalue weighted by Gasteiger charge is -2.36. The van der Waals surface area contributed by atoms with Crippen LogP contribution in [0.4, 0.5) is 15.9 Å². The third kappa shape index (κ3) is 7.15. The van der Waals surface area contributed by atoms with Crippen molar-refractivity contribution in [2.45, 2.75) is 25.5 Å². The van der Waals surface area contributed by atoms with Crippen molar-refractivity contribution in [3.05, 3.63) is 70.9 Å². The van der Waals surface area contributed by atoms with Crippen LogP contribution in [0.25, 0.3) is 16.9 Å². The van der Waals surface area contributed by atoms with Gasteiger partial charge in [0.15, 0.2) is 29.6 Å². The number of aryl methyl sites for hydroxylation is 1. The summed E-state index contributed by atoms with van der Waals surface area (Å²) in [5.74, 6) is -0.580. The van der Waals surface area contributed by atoms with Crippen LogP contribution in [0.5, 0.6) is 5.75 Å². The molecule has 14 nitrogen and oxygen atoms in total. The van der Waals surface area contributed by atoms with Crippen molar-refractivity contribution in [1.29, 1.82) is 5.26 Å². The Bertz CT molecular complexity index is 1870. The van der Waals surface area contributed by atoms with Crippen LogP contribution in [-0.4, -0.2) is 104 Å². The van der Waals surface area contributed by atoms with Gasteiger partial charge in [0.05, 0.1) is 29.1 Å². The third-order valence-corrected chi connectivity index (χ3v) is 8.42. The number of ether oxygens (including phenoxy) is 1. The summed E-state index contributed by atoms with van der Waals surface area (Å²) in [6.07, 6.45) is 4.73. The van der Waals surface area contributed by atoms with Crippen LogP contribution in [0.3, 0.4) is 0 Å². The number of rotatable bonds is 7. The number of hydrogen-bond acceptors (Lipinski definition) is 10. The minimum absolute atomic E-state index is 0.0340. The monoisotopic (exact) mass is 678 g/mol. The molecule has 0 spiro atoms. The number of nitrogens with one attached hydrogen (secondary N) is 2. The number of aliphatic hydroxyl groups is 1. The number of carboxylic acid groups (broad SMARTS) is 1. The van der Waals surface area contributed by atoms with E-state index in [4.69, 9.17) is 31.5 Å². The number of β-amino-alcohol motifs (C(OH)–C–C–N with tert-alkyl or cyclic N) is 1. The van der Waals surface area contributed by atoms with Gasteiger partial charge in [-0.05, 0) is 49.2 Å². The Balaban J connectivity index is 0.00000145. The van der Waals surface area contributed by atoms with Gasteiger partial charge in [-0.15, -0.1) is 0 Å². The standard InChI is InChI=1S/C31H30ClFN8O4.CH2O2/c1-18-14-19(2-3-21(18)30(43)39-9-11-40(12-10-39)31(44)23-15-20(42)16-36-23)38-28-29-37-17-24(41(29)8-7-35-28)22-4-5-25(45-13-6-34)27(33)26(22)32;2-1-3/h2-5,7-8,14,17,20,23,36,42H,9-13,15-16H2,1H3,(H,35,38);1H,(H,2,3)/t20-,23+;/m1./s1. The lowest BCUT2D eigenvalue weighted by atomic mass is 10.1. The molecule has 2 fully saturated rings. The molecule has 4 N–H and O–H groups in total. The molecule has 0 bridgehead atoms. The number of piperazine rings is 1. The summed E-state index contributed by atoms with van der Waals surface area (Å²) in [5, 5.41) is 31.5. The smallest absolute Gasteiger partial charge is 0.290 e. The Hall–Kier alpha value is -5.30. The summed E-state index contributed by atoms with van der Waals surface area (Å²) in [5.41, 5.74) is 3.42. The number of fused-ring (bicyclic) bond motifs is 1. The Morgan fingerprint density at radius 1 is 1.21 bits per heavy atom. The van der Waals surface area contributed by atoms with Crippen LogP contribution < -0.4 is 15.4 Å². The molecule has 0 saturated carbocycles. The molecule has 2 atom stereocenters. The highest BCUT2D eigenvalue weighted by molar-refractivity contribution is 6.33. The molecule has 250 valence electrons. The van der Waals surface area contributed by atoms with Gasteiger partial charge in [0, 0.05) is 61.9 Å². The number of anilines is 2. The molecule has 4 aromatic rings. The van der Waals surface area contributed by atoms with Crippen molar-refractivity contribution >= 4 is 47.0 Å². The van der Waals surface area contributed by atoms with Gasteiger partial charge in [-0.2, -0.15) is 5.26 Å². The molecule has 0 unspecified atom stereocenters. The van der Waals surface area contributed by atoms with E-state index >= 15 is 0 Å². The molecular weight excluding hydrogens is 647 g/mol. The topological polar surface area (TPSA) is 185 Å². The molecule has 2 aliphatic rings. The SMILES string of the molecule is Cc1cc(Nc2nccn3c(-c4ccc(OCC#N)c(F)c4Cl)cnc23)ccc1C(=O)N1CCN(C(=O)[C@@H]2C[C@@H](O)CN2)CC1.O=CO. The van der Waals surface area contributed by atoms with E-state index in [1.54, 1.807) is 57.1 Å². The van der Waals surface area contributed by atoms with Gasteiger partial charge < -0.3 is 35.4 Å². The maximum Gasteiger partial charge on any atom is 0.290 e. The van der Waals surface area contributed by atoms with Gasteiger partial charge in [-0.25, -0.2) is 14.4 Å². The fourth-order valence-corrected chi connectivity index (χ4v) is 5.95. The fraction of sp³-hybridized carbons (Fsp3) is 0.312. The van der Waals surface area contributed by atoms with Gasteiger partial charge in [0.1, 0.15) is 6.07 Å². The van der Waals surface area contributed by atoms with Gasteiger partial charge in [0.25, 0.3) is 12.4 Å². The van der Waals surface area contributed by atoms with E-state index in [1.165, 1.54) is 6.07 Å². The number of halogens is 2. The Labute approximate surface area is 279 Å². The molecule has 2 aromatic heterocycles. The van der Waals surface area contributed by atoms with Crippen molar-refractivity contribution < 1.29 is 33.7 Å². The normalized spacial score (nSPS) is 17.3. The van der Waals surface area contributed by atoms with Gasteiger partial charge in [0.2, 0.25) is 5.91 Å². The van der Waals surface area contributed by atoms with Crippen LogP contribution in [0.15, 0.2) is 48.9 Å². The summed E-state index contributed by atoms with van der Waals surface area (Å²) in [6, 6.07) is 9.84. The lowest BCUT2D eigenvalue weighted by Crippen LogP contribution is -2.54. The van der Waals surface area contributed by atoms with E-state index in [-0.39, 0.29) is 41.7 Å². The average molecular weight is 679 g/mol. The molecule has 6 rings (SSSR count). The van der Waals surface area contributed by atoms with Crippen molar-refractivity contribution in [3.63, 3.8) is 0 Å². The molecule has 2 aliphatic heterocycles. The predicted octanol–water partition coefficient (Wildman–Crippen LogP) is 2.85. The maximum absolute atomic E-state index is 14.8. The number of nitriles is 1. The highest BCUT2D eigenvalue weighted by Gasteiger charge is 2.33. The number of imidazole rings is 1. The summed E-state index contributed by atoms with van der Waals surface area (Å²) in [4.78, 5) is 46.9. The summed E-state index contributed by atoms with van der Waals surface area (Å²) < 4.78 is 21.7. The van der Waals surface area contributed by atoms with E-state index < -0.39 is 11.9 Å². The molecular formula is C32H32ClFN8O6. The minimum Gasteiger partial charge on any atom is -0.483 e. The van der Waals surface area contributed by atoms with E-state index in [2.05, 4.69) is 20.6 Å². The summed E-state index contributed by atoms with van der Waals surface area (Å²) >= 11 is 6.34. The zero-order chi connectivity index (χ0) is 34.4. The van der Waals surface area contributed by atoms with E-state index in [1.807, 2.05) is 13.0 Å². The first-order valence-electron chi connectivity index (χ1n) is 14.9. The first-order chi connectivity index (χ1) is 23.2. The molecule has 0 aliphatic carbocycles. The Kier molecular flexibility index (Phi) is 10.7.